The summed E-state index contributed by atoms with van der Waals surface area (Å²) in [5, 5.41) is 3.23. The Morgan fingerprint density at radius 1 is 1.36 bits per heavy atom. The molecule has 28 heavy (non-hydrogen) atoms. The lowest BCUT2D eigenvalue weighted by molar-refractivity contribution is -0.122. The fourth-order valence-electron chi connectivity index (χ4n) is 2.97. The van der Waals surface area contributed by atoms with Crippen LogP contribution in [0.2, 0.25) is 0 Å². The molecule has 0 aromatic carbocycles. The van der Waals surface area contributed by atoms with Gasteiger partial charge in [-0.2, -0.15) is 0 Å². The van der Waals surface area contributed by atoms with Crippen LogP contribution < -0.4 is 10.9 Å². The third-order valence-electron chi connectivity index (χ3n) is 4.32. The van der Waals surface area contributed by atoms with Gasteiger partial charge >= 0.3 is 0 Å². The molecule has 0 aliphatic carbocycles. The number of pyridine rings is 1. The molecule has 3 heterocycles. The van der Waals surface area contributed by atoms with E-state index in [0.717, 1.165) is 12.0 Å². The quantitative estimate of drug-likeness (QED) is 0.572. The molecule has 0 radical (unpaired) electrons. The van der Waals surface area contributed by atoms with Gasteiger partial charge in [0.1, 0.15) is 15.8 Å². The van der Waals surface area contributed by atoms with Crippen LogP contribution in [0.25, 0.3) is 11.7 Å². The van der Waals surface area contributed by atoms with E-state index in [1.807, 2.05) is 39.8 Å². The Morgan fingerprint density at radius 3 is 2.79 bits per heavy atom. The van der Waals surface area contributed by atoms with E-state index in [1.165, 1.54) is 16.2 Å². The molecule has 1 aliphatic rings. The minimum absolute atomic E-state index is 0.154. The predicted molar refractivity (Wildman–Crippen MR) is 120 cm³/mol. The van der Waals surface area contributed by atoms with Crippen LogP contribution in [-0.2, 0) is 4.79 Å². The van der Waals surface area contributed by atoms with E-state index in [0.29, 0.717) is 45.3 Å². The molecule has 1 saturated heterocycles. The Morgan fingerprint density at radius 2 is 2.11 bits per heavy atom. The standard InChI is InChI=1S/C20H24N4O2S2/c1-5-8-21-16-14(18(25)23-9-6-7-13(4)17(23)22-16)10-15-19(26)24(11-12(2)3)20(27)28-15/h6-7,9-10,12,21H,5,8,11H2,1-4H3/b15-10+. The van der Waals surface area contributed by atoms with Crippen molar-refractivity contribution in [2.45, 2.75) is 34.1 Å². The van der Waals surface area contributed by atoms with E-state index < -0.39 is 0 Å². The van der Waals surface area contributed by atoms with E-state index in [9.17, 15) is 9.59 Å². The summed E-state index contributed by atoms with van der Waals surface area (Å²) in [4.78, 5) is 32.7. The van der Waals surface area contributed by atoms with Gasteiger partial charge in [0.05, 0.1) is 10.5 Å². The molecule has 2 aromatic heterocycles. The first-order valence-electron chi connectivity index (χ1n) is 9.34. The average Bonchev–Trinajstić information content (AvgIpc) is 2.90. The number of thioether (sulfide) groups is 1. The summed E-state index contributed by atoms with van der Waals surface area (Å²) >= 11 is 6.61. The van der Waals surface area contributed by atoms with Gasteiger partial charge in [-0.3, -0.25) is 18.9 Å². The van der Waals surface area contributed by atoms with Crippen molar-refractivity contribution < 1.29 is 4.79 Å². The number of hydrogen-bond acceptors (Lipinski definition) is 6. The third kappa shape index (κ3) is 3.98. The summed E-state index contributed by atoms with van der Waals surface area (Å²) in [5.74, 6) is 0.647. The molecule has 0 spiro atoms. The number of thiocarbonyl (C=S) groups is 1. The van der Waals surface area contributed by atoms with Crippen molar-refractivity contribution >= 4 is 51.7 Å². The van der Waals surface area contributed by atoms with Crippen LogP contribution in [0.5, 0.6) is 0 Å². The SMILES string of the molecule is CCCNc1nc2c(C)cccn2c(=O)c1/C=C1/SC(=S)N(CC(C)C)C1=O. The van der Waals surface area contributed by atoms with E-state index >= 15 is 0 Å². The number of amides is 1. The summed E-state index contributed by atoms with van der Waals surface area (Å²) in [7, 11) is 0. The van der Waals surface area contributed by atoms with Crippen LogP contribution in [0.3, 0.4) is 0 Å². The van der Waals surface area contributed by atoms with Gasteiger partial charge in [0.25, 0.3) is 11.5 Å². The maximum Gasteiger partial charge on any atom is 0.267 e. The Labute approximate surface area is 174 Å². The normalized spacial score (nSPS) is 16.0. The van der Waals surface area contributed by atoms with E-state index in [2.05, 4.69) is 10.3 Å². The van der Waals surface area contributed by atoms with Crippen LogP contribution in [0.4, 0.5) is 5.82 Å². The van der Waals surface area contributed by atoms with Crippen LogP contribution in [0, 0.1) is 12.8 Å². The molecular formula is C20H24N4O2S2. The van der Waals surface area contributed by atoms with Gasteiger partial charge in [-0.1, -0.05) is 50.8 Å². The summed E-state index contributed by atoms with van der Waals surface area (Å²) in [5.41, 5.74) is 1.69. The summed E-state index contributed by atoms with van der Waals surface area (Å²) in [6, 6.07) is 3.73. The van der Waals surface area contributed by atoms with Crippen molar-refractivity contribution in [1.29, 1.82) is 0 Å². The van der Waals surface area contributed by atoms with Crippen LogP contribution in [0.15, 0.2) is 28.0 Å². The van der Waals surface area contributed by atoms with Crippen LogP contribution in [0.1, 0.15) is 38.3 Å². The molecule has 1 N–H and O–H groups in total. The number of hydrogen-bond donors (Lipinski definition) is 1. The molecule has 3 rings (SSSR count). The minimum atomic E-state index is -0.207. The number of nitrogens with zero attached hydrogens (tertiary/aromatic N) is 3. The molecular weight excluding hydrogens is 392 g/mol. The maximum absolute atomic E-state index is 13.2. The van der Waals surface area contributed by atoms with Gasteiger partial charge in [0.15, 0.2) is 0 Å². The fourth-order valence-corrected chi connectivity index (χ4v) is 4.23. The van der Waals surface area contributed by atoms with Gasteiger partial charge in [-0.05, 0) is 37.0 Å². The van der Waals surface area contributed by atoms with Crippen molar-refractivity contribution in [3.63, 3.8) is 0 Å². The molecule has 1 fully saturated rings. The number of aromatic nitrogens is 2. The topological polar surface area (TPSA) is 66.7 Å². The number of carbonyl (C=O) groups is 1. The Balaban J connectivity index is 2.13. The molecule has 6 nitrogen and oxygen atoms in total. The second kappa shape index (κ2) is 8.45. The van der Waals surface area contributed by atoms with Crippen molar-refractivity contribution in [2.75, 3.05) is 18.4 Å². The fraction of sp³-hybridized carbons (Fsp3) is 0.400. The molecule has 0 bridgehead atoms. The smallest absolute Gasteiger partial charge is 0.267 e. The van der Waals surface area contributed by atoms with Gasteiger partial charge in [-0.15, -0.1) is 0 Å². The van der Waals surface area contributed by atoms with Crippen molar-refractivity contribution in [1.82, 2.24) is 14.3 Å². The number of aryl methyl sites for hydroxylation is 1. The van der Waals surface area contributed by atoms with E-state index in [1.54, 1.807) is 17.2 Å². The first-order chi connectivity index (χ1) is 13.3. The number of nitrogens with one attached hydrogen (secondary N) is 1. The summed E-state index contributed by atoms with van der Waals surface area (Å²) in [6.07, 6.45) is 4.22. The molecule has 0 saturated carbocycles. The highest BCUT2D eigenvalue weighted by molar-refractivity contribution is 8.26. The highest BCUT2D eigenvalue weighted by atomic mass is 32.2. The molecule has 1 amide bonds. The first kappa shape index (κ1) is 20.5. The second-order valence-corrected chi connectivity index (χ2v) is 8.85. The van der Waals surface area contributed by atoms with Crippen molar-refractivity contribution in [2.24, 2.45) is 5.92 Å². The second-order valence-electron chi connectivity index (χ2n) is 7.18. The maximum atomic E-state index is 13.2. The molecule has 148 valence electrons. The van der Waals surface area contributed by atoms with Gasteiger partial charge in [0, 0.05) is 19.3 Å². The van der Waals surface area contributed by atoms with Crippen LogP contribution in [-0.4, -0.2) is 37.6 Å². The zero-order valence-corrected chi connectivity index (χ0v) is 18.1. The molecule has 0 atom stereocenters. The number of anilines is 1. The Kier molecular flexibility index (Phi) is 6.20. The van der Waals surface area contributed by atoms with Crippen LogP contribution >= 0.6 is 24.0 Å². The highest BCUT2D eigenvalue weighted by Gasteiger charge is 2.32. The van der Waals surface area contributed by atoms with Crippen molar-refractivity contribution in [3.05, 3.63) is 44.7 Å². The predicted octanol–water partition coefficient (Wildman–Crippen LogP) is 3.68. The van der Waals surface area contributed by atoms with E-state index in [4.69, 9.17) is 12.2 Å². The molecule has 2 aromatic rings. The monoisotopic (exact) mass is 416 g/mol. The lowest BCUT2D eigenvalue weighted by atomic mass is 10.2. The average molecular weight is 417 g/mol. The first-order valence-corrected chi connectivity index (χ1v) is 10.6. The summed E-state index contributed by atoms with van der Waals surface area (Å²) < 4.78 is 2.05. The van der Waals surface area contributed by atoms with Gasteiger partial charge < -0.3 is 5.32 Å². The summed E-state index contributed by atoms with van der Waals surface area (Å²) in [6.45, 7) is 9.29. The zero-order valence-electron chi connectivity index (χ0n) is 16.5. The number of rotatable bonds is 6. The molecule has 8 heteroatoms. The van der Waals surface area contributed by atoms with Gasteiger partial charge in [-0.25, -0.2) is 4.98 Å². The lowest BCUT2D eigenvalue weighted by Crippen LogP contribution is -2.31. The Bertz CT molecular complexity index is 1030. The lowest BCUT2D eigenvalue weighted by Gasteiger charge is -2.16. The van der Waals surface area contributed by atoms with E-state index in [-0.39, 0.29) is 11.5 Å². The Hall–Kier alpha value is -2.19. The van der Waals surface area contributed by atoms with Crippen molar-refractivity contribution in [3.8, 4) is 0 Å². The van der Waals surface area contributed by atoms with Gasteiger partial charge in [0.2, 0.25) is 0 Å². The molecule has 0 unspecified atom stereocenters. The highest BCUT2D eigenvalue weighted by Crippen LogP contribution is 2.33. The number of fused-ring (bicyclic) bond motifs is 1. The minimum Gasteiger partial charge on any atom is -0.369 e. The largest absolute Gasteiger partial charge is 0.369 e. The number of carbonyl (C=O) groups excluding carboxylic acids is 1. The molecule has 1 aliphatic heterocycles. The third-order valence-corrected chi connectivity index (χ3v) is 5.70. The zero-order chi connectivity index (χ0) is 20.4.